The average Bonchev–Trinajstić information content (AvgIpc) is 2.34. The summed E-state index contributed by atoms with van der Waals surface area (Å²) in [5, 5.41) is 9.65. The molecule has 0 saturated heterocycles. The van der Waals surface area contributed by atoms with Crippen LogP contribution in [0, 0.1) is 5.82 Å². The summed E-state index contributed by atoms with van der Waals surface area (Å²) < 4.78 is 20.6. The Kier molecular flexibility index (Phi) is 4.60. The molecule has 0 bridgehead atoms. The van der Waals surface area contributed by atoms with Crippen molar-refractivity contribution in [1.82, 2.24) is 0 Å². The first-order valence-electron chi connectivity index (χ1n) is 5.58. The predicted octanol–water partition coefficient (Wildman–Crippen LogP) is 5.20. The standard InChI is InChI=1S/C14H11Br2FO2/c1-8(18)11-7-10(17)3-5-13(11)19-14-4-2-9(15)6-12(14)16/h2-8,18H,1H3/t8-/m1/s1. The highest BCUT2D eigenvalue weighted by Gasteiger charge is 2.12. The quantitative estimate of drug-likeness (QED) is 0.781. The summed E-state index contributed by atoms with van der Waals surface area (Å²) in [6.07, 6.45) is -0.806. The van der Waals surface area contributed by atoms with Gasteiger partial charge in [-0.25, -0.2) is 4.39 Å². The third-order valence-corrected chi connectivity index (χ3v) is 3.65. The Bertz CT molecular complexity index is 600. The second-order valence-corrected chi connectivity index (χ2v) is 5.80. The molecule has 0 aliphatic heterocycles. The summed E-state index contributed by atoms with van der Waals surface area (Å²) in [5.74, 6) is 0.620. The van der Waals surface area contributed by atoms with Gasteiger partial charge in [0, 0.05) is 10.0 Å². The van der Waals surface area contributed by atoms with Crippen LogP contribution in [0.1, 0.15) is 18.6 Å². The van der Waals surface area contributed by atoms with Crippen molar-refractivity contribution in [2.45, 2.75) is 13.0 Å². The van der Waals surface area contributed by atoms with Crippen LogP contribution in [0.25, 0.3) is 0 Å². The zero-order valence-electron chi connectivity index (χ0n) is 10.0. The van der Waals surface area contributed by atoms with Gasteiger partial charge in [0.2, 0.25) is 0 Å². The zero-order chi connectivity index (χ0) is 14.0. The summed E-state index contributed by atoms with van der Waals surface area (Å²) >= 11 is 6.74. The minimum Gasteiger partial charge on any atom is -0.456 e. The Morgan fingerprint density at radius 1 is 1.11 bits per heavy atom. The molecule has 0 aliphatic rings. The molecule has 2 aromatic rings. The molecule has 0 radical (unpaired) electrons. The molecule has 0 spiro atoms. The Balaban J connectivity index is 2.38. The van der Waals surface area contributed by atoms with Gasteiger partial charge in [-0.1, -0.05) is 15.9 Å². The van der Waals surface area contributed by atoms with E-state index in [-0.39, 0.29) is 0 Å². The van der Waals surface area contributed by atoms with Crippen LogP contribution in [0.3, 0.4) is 0 Å². The first-order chi connectivity index (χ1) is 8.97. The van der Waals surface area contributed by atoms with Crippen molar-refractivity contribution in [2.75, 3.05) is 0 Å². The Labute approximate surface area is 127 Å². The molecule has 19 heavy (non-hydrogen) atoms. The van der Waals surface area contributed by atoms with E-state index in [4.69, 9.17) is 4.74 Å². The van der Waals surface area contributed by atoms with Gasteiger partial charge in [-0.3, -0.25) is 0 Å². The van der Waals surface area contributed by atoms with Crippen LogP contribution in [-0.2, 0) is 0 Å². The number of hydrogen-bond donors (Lipinski definition) is 1. The zero-order valence-corrected chi connectivity index (χ0v) is 13.2. The lowest BCUT2D eigenvalue weighted by Crippen LogP contribution is -1.97. The van der Waals surface area contributed by atoms with E-state index in [1.807, 2.05) is 12.1 Å². The smallest absolute Gasteiger partial charge is 0.141 e. The van der Waals surface area contributed by atoms with Gasteiger partial charge < -0.3 is 9.84 Å². The summed E-state index contributed by atoms with van der Waals surface area (Å²) in [6, 6.07) is 9.54. The highest BCUT2D eigenvalue weighted by molar-refractivity contribution is 9.11. The second kappa shape index (κ2) is 6.03. The summed E-state index contributed by atoms with van der Waals surface area (Å²) in [7, 11) is 0. The van der Waals surface area contributed by atoms with Crippen molar-refractivity contribution in [1.29, 1.82) is 0 Å². The predicted molar refractivity (Wildman–Crippen MR) is 78.9 cm³/mol. The fraction of sp³-hybridized carbons (Fsp3) is 0.143. The summed E-state index contributed by atoms with van der Waals surface area (Å²) in [6.45, 7) is 1.57. The van der Waals surface area contributed by atoms with E-state index < -0.39 is 11.9 Å². The van der Waals surface area contributed by atoms with Crippen LogP contribution >= 0.6 is 31.9 Å². The van der Waals surface area contributed by atoms with Crippen LogP contribution in [0.15, 0.2) is 45.3 Å². The Hall–Kier alpha value is -0.910. The molecular formula is C14H11Br2FO2. The summed E-state index contributed by atoms with van der Waals surface area (Å²) in [5.41, 5.74) is 0.412. The molecule has 0 aromatic heterocycles. The molecule has 100 valence electrons. The molecule has 0 saturated carbocycles. The van der Waals surface area contributed by atoms with Crippen molar-refractivity contribution >= 4 is 31.9 Å². The van der Waals surface area contributed by atoms with Crippen LogP contribution in [0.2, 0.25) is 0 Å². The van der Waals surface area contributed by atoms with Gasteiger partial charge in [0.25, 0.3) is 0 Å². The first-order valence-corrected chi connectivity index (χ1v) is 7.16. The maximum Gasteiger partial charge on any atom is 0.141 e. The van der Waals surface area contributed by atoms with Crippen LogP contribution in [0.4, 0.5) is 4.39 Å². The van der Waals surface area contributed by atoms with E-state index in [2.05, 4.69) is 31.9 Å². The largest absolute Gasteiger partial charge is 0.456 e. The number of ether oxygens (including phenoxy) is 1. The first kappa shape index (κ1) is 14.5. The highest BCUT2D eigenvalue weighted by atomic mass is 79.9. The van der Waals surface area contributed by atoms with E-state index in [0.717, 1.165) is 8.95 Å². The van der Waals surface area contributed by atoms with Crippen LogP contribution in [0.5, 0.6) is 11.5 Å². The maximum absolute atomic E-state index is 13.2. The van der Waals surface area contributed by atoms with E-state index >= 15 is 0 Å². The van der Waals surface area contributed by atoms with Crippen molar-refractivity contribution < 1.29 is 14.2 Å². The molecule has 0 aliphatic carbocycles. The molecule has 0 fully saturated rings. The van der Waals surface area contributed by atoms with Crippen molar-refractivity contribution in [3.05, 3.63) is 56.7 Å². The SMILES string of the molecule is C[C@@H](O)c1cc(F)ccc1Oc1ccc(Br)cc1Br. The fourth-order valence-corrected chi connectivity index (χ4v) is 2.74. The van der Waals surface area contributed by atoms with Gasteiger partial charge in [0.05, 0.1) is 10.6 Å². The number of aliphatic hydroxyl groups is 1. The van der Waals surface area contributed by atoms with Gasteiger partial charge in [-0.05, 0) is 59.3 Å². The van der Waals surface area contributed by atoms with Gasteiger partial charge in [-0.2, -0.15) is 0 Å². The summed E-state index contributed by atoms with van der Waals surface area (Å²) in [4.78, 5) is 0. The van der Waals surface area contributed by atoms with E-state index in [1.54, 1.807) is 13.0 Å². The molecule has 0 heterocycles. The number of aliphatic hydroxyl groups excluding tert-OH is 1. The van der Waals surface area contributed by atoms with E-state index in [1.165, 1.54) is 18.2 Å². The van der Waals surface area contributed by atoms with E-state index in [0.29, 0.717) is 17.1 Å². The van der Waals surface area contributed by atoms with Crippen LogP contribution in [-0.4, -0.2) is 5.11 Å². The lowest BCUT2D eigenvalue weighted by atomic mass is 10.1. The molecule has 1 N–H and O–H groups in total. The number of hydrogen-bond acceptors (Lipinski definition) is 2. The van der Waals surface area contributed by atoms with Crippen molar-refractivity contribution in [3.63, 3.8) is 0 Å². The molecule has 0 amide bonds. The van der Waals surface area contributed by atoms with Gasteiger partial charge in [-0.15, -0.1) is 0 Å². The molecule has 5 heteroatoms. The Morgan fingerprint density at radius 2 is 1.79 bits per heavy atom. The third kappa shape index (κ3) is 3.55. The average molecular weight is 390 g/mol. The van der Waals surface area contributed by atoms with E-state index in [9.17, 15) is 9.50 Å². The number of benzene rings is 2. The van der Waals surface area contributed by atoms with Crippen molar-refractivity contribution in [2.24, 2.45) is 0 Å². The minimum absolute atomic E-state index is 0.405. The van der Waals surface area contributed by atoms with Crippen molar-refractivity contribution in [3.8, 4) is 11.5 Å². The lowest BCUT2D eigenvalue weighted by molar-refractivity contribution is 0.195. The normalized spacial score (nSPS) is 12.3. The number of halogens is 3. The molecule has 0 unspecified atom stereocenters. The molecule has 2 nitrogen and oxygen atoms in total. The highest BCUT2D eigenvalue weighted by Crippen LogP contribution is 2.35. The monoisotopic (exact) mass is 388 g/mol. The van der Waals surface area contributed by atoms with Gasteiger partial charge >= 0.3 is 0 Å². The lowest BCUT2D eigenvalue weighted by Gasteiger charge is -2.14. The minimum atomic E-state index is -0.806. The topological polar surface area (TPSA) is 29.5 Å². The molecule has 1 atom stereocenters. The van der Waals surface area contributed by atoms with Crippen LogP contribution < -0.4 is 4.74 Å². The Morgan fingerprint density at radius 3 is 2.42 bits per heavy atom. The number of rotatable bonds is 3. The molecular weight excluding hydrogens is 379 g/mol. The van der Waals surface area contributed by atoms with Gasteiger partial charge in [0.1, 0.15) is 17.3 Å². The second-order valence-electron chi connectivity index (χ2n) is 4.03. The fourth-order valence-electron chi connectivity index (χ4n) is 1.62. The molecule has 2 aromatic carbocycles. The molecule has 2 rings (SSSR count). The third-order valence-electron chi connectivity index (χ3n) is 2.54. The van der Waals surface area contributed by atoms with Gasteiger partial charge in [0.15, 0.2) is 0 Å². The maximum atomic E-state index is 13.2.